The molecule has 3 aliphatic rings. The number of hydrogen-bond acceptors (Lipinski definition) is 6. The largest absolute Gasteiger partial charge is 0.450 e. The predicted molar refractivity (Wildman–Crippen MR) is 102 cm³/mol. The smallest absolute Gasteiger partial charge is 0.317 e. The number of unbranched alkanes of at least 4 members (excludes halogenated alkanes) is 1. The van der Waals surface area contributed by atoms with Gasteiger partial charge >= 0.3 is 5.97 Å². The van der Waals surface area contributed by atoms with Gasteiger partial charge in [0.05, 0.1) is 24.7 Å². The van der Waals surface area contributed by atoms with Crippen LogP contribution in [0.15, 0.2) is 0 Å². The summed E-state index contributed by atoms with van der Waals surface area (Å²) < 4.78 is 11.4. The Morgan fingerprint density at radius 2 is 2.04 bits per heavy atom. The van der Waals surface area contributed by atoms with Crippen molar-refractivity contribution in [1.82, 2.24) is 0 Å². The van der Waals surface area contributed by atoms with Gasteiger partial charge in [0.15, 0.2) is 11.4 Å². The first-order valence-electron chi connectivity index (χ1n) is 10.8. The first-order chi connectivity index (χ1) is 13.2. The van der Waals surface area contributed by atoms with Crippen molar-refractivity contribution in [1.29, 1.82) is 0 Å². The number of aliphatic hydroxyl groups is 1. The van der Waals surface area contributed by atoms with Gasteiger partial charge in [0.1, 0.15) is 11.7 Å². The minimum absolute atomic E-state index is 0.135. The molecule has 2 heterocycles. The highest BCUT2D eigenvalue weighted by Gasteiger charge is 2.65. The van der Waals surface area contributed by atoms with Crippen molar-refractivity contribution in [2.45, 2.75) is 84.0 Å². The van der Waals surface area contributed by atoms with Crippen LogP contribution in [-0.4, -0.2) is 47.1 Å². The summed E-state index contributed by atoms with van der Waals surface area (Å²) in [6.45, 7) is 8.13. The van der Waals surface area contributed by atoms with Gasteiger partial charge in [-0.15, -0.1) is 0 Å². The Morgan fingerprint density at radius 3 is 2.68 bits per heavy atom. The lowest BCUT2D eigenvalue weighted by Gasteiger charge is -2.48. The summed E-state index contributed by atoms with van der Waals surface area (Å²) in [5.41, 5.74) is -1.28. The molecule has 0 aromatic rings. The molecule has 6 nitrogen and oxygen atoms in total. The molecule has 2 saturated heterocycles. The van der Waals surface area contributed by atoms with Gasteiger partial charge in [-0.1, -0.05) is 27.2 Å². The summed E-state index contributed by atoms with van der Waals surface area (Å²) in [4.78, 5) is 38.5. The molecule has 2 aliphatic heterocycles. The van der Waals surface area contributed by atoms with Crippen LogP contribution >= 0.6 is 0 Å². The lowest BCUT2D eigenvalue weighted by atomic mass is 9.60. The molecule has 0 aromatic heterocycles. The second kappa shape index (κ2) is 8.23. The summed E-state index contributed by atoms with van der Waals surface area (Å²) in [6, 6.07) is 0. The van der Waals surface area contributed by atoms with Gasteiger partial charge in [0, 0.05) is 12.3 Å². The van der Waals surface area contributed by atoms with Crippen molar-refractivity contribution >= 4 is 17.5 Å². The van der Waals surface area contributed by atoms with E-state index in [1.165, 1.54) is 0 Å². The van der Waals surface area contributed by atoms with E-state index >= 15 is 0 Å². The molecule has 28 heavy (non-hydrogen) atoms. The van der Waals surface area contributed by atoms with Gasteiger partial charge in [-0.3, -0.25) is 14.4 Å². The van der Waals surface area contributed by atoms with Crippen LogP contribution < -0.4 is 0 Å². The van der Waals surface area contributed by atoms with Crippen molar-refractivity contribution < 1.29 is 29.0 Å². The first-order valence-corrected chi connectivity index (χ1v) is 10.8. The lowest BCUT2D eigenvalue weighted by Crippen LogP contribution is -2.60. The fraction of sp³-hybridized carbons (Fsp3) is 0.864. The molecule has 0 bridgehead atoms. The topological polar surface area (TPSA) is 89.9 Å². The zero-order chi connectivity index (χ0) is 20.6. The van der Waals surface area contributed by atoms with Crippen LogP contribution in [-0.2, 0) is 23.9 Å². The first kappa shape index (κ1) is 21.4. The van der Waals surface area contributed by atoms with E-state index in [-0.39, 0.29) is 30.2 Å². The molecule has 0 amide bonds. The number of Topliss-reactive ketones (excluding diaryl/α,β-unsaturated/α-hetero) is 2. The molecule has 7 atom stereocenters. The molecular weight excluding hydrogens is 360 g/mol. The maximum absolute atomic E-state index is 13.2. The average Bonchev–Trinajstić information content (AvgIpc) is 2.90. The monoisotopic (exact) mass is 394 g/mol. The Bertz CT molecular complexity index is 629. The molecule has 3 rings (SSSR count). The molecule has 0 aromatic carbocycles. The normalized spacial score (nSPS) is 40.2. The summed E-state index contributed by atoms with van der Waals surface area (Å²) in [7, 11) is 0. The zero-order valence-electron chi connectivity index (χ0n) is 17.5. The third kappa shape index (κ3) is 3.65. The lowest BCUT2D eigenvalue weighted by molar-refractivity contribution is -0.189. The van der Waals surface area contributed by atoms with Gasteiger partial charge in [-0.2, -0.15) is 0 Å². The van der Waals surface area contributed by atoms with Gasteiger partial charge in [0.25, 0.3) is 0 Å². The fourth-order valence-electron chi connectivity index (χ4n) is 5.24. The second-order valence-electron chi connectivity index (χ2n) is 9.39. The third-order valence-electron chi connectivity index (χ3n) is 7.01. The number of carbonyl (C=O) groups is 3. The number of hydrogen-bond donors (Lipinski definition) is 1. The number of ketones is 2. The summed E-state index contributed by atoms with van der Waals surface area (Å²) in [6.07, 6.45) is 2.99. The van der Waals surface area contributed by atoms with Crippen LogP contribution in [0.5, 0.6) is 0 Å². The zero-order valence-corrected chi connectivity index (χ0v) is 17.5. The maximum atomic E-state index is 13.2. The summed E-state index contributed by atoms with van der Waals surface area (Å²) >= 11 is 0. The van der Waals surface area contributed by atoms with Crippen molar-refractivity contribution in [3.8, 4) is 0 Å². The van der Waals surface area contributed by atoms with E-state index in [0.717, 1.165) is 25.7 Å². The summed E-state index contributed by atoms with van der Waals surface area (Å²) in [5.74, 6) is -2.55. The van der Waals surface area contributed by atoms with E-state index in [9.17, 15) is 19.5 Å². The molecule has 1 N–H and O–H groups in total. The minimum Gasteiger partial charge on any atom is -0.450 e. The highest BCUT2D eigenvalue weighted by molar-refractivity contribution is 6.05. The van der Waals surface area contributed by atoms with Crippen LogP contribution in [0.3, 0.4) is 0 Å². The molecule has 1 aliphatic carbocycles. The molecular formula is C22H34O6. The Morgan fingerprint density at radius 1 is 1.32 bits per heavy atom. The van der Waals surface area contributed by atoms with E-state index in [1.807, 2.05) is 6.92 Å². The predicted octanol–water partition coefficient (Wildman–Crippen LogP) is 2.69. The van der Waals surface area contributed by atoms with Gasteiger partial charge in [-0.05, 0) is 44.4 Å². The fourth-order valence-corrected chi connectivity index (χ4v) is 5.24. The van der Waals surface area contributed by atoms with Crippen LogP contribution in [0.1, 0.15) is 66.2 Å². The molecule has 0 radical (unpaired) electrons. The highest BCUT2D eigenvalue weighted by Crippen LogP contribution is 2.52. The van der Waals surface area contributed by atoms with Crippen LogP contribution in [0.2, 0.25) is 0 Å². The van der Waals surface area contributed by atoms with E-state index in [1.54, 1.807) is 6.92 Å². The van der Waals surface area contributed by atoms with Gasteiger partial charge in [-0.25, -0.2) is 0 Å². The standard InChI is InChI=1S/C22H34O6/c1-5-6-7-16(23)18-15-10-13-14(20(25)22(15,4)28-21(18)26)11-27-17(19(13)24)9-8-12(2)3/h12-15,17-19,24H,5-11H2,1-4H3/t13?,14?,15?,17-,18-,19-,22-/m0/s1. The Labute approximate surface area is 167 Å². The Hall–Kier alpha value is -1.27. The Kier molecular flexibility index (Phi) is 6.30. The number of rotatable bonds is 7. The quantitative estimate of drug-likeness (QED) is 0.527. The number of aliphatic hydroxyl groups excluding tert-OH is 1. The maximum Gasteiger partial charge on any atom is 0.317 e. The van der Waals surface area contributed by atoms with Crippen molar-refractivity contribution in [3.05, 3.63) is 0 Å². The van der Waals surface area contributed by atoms with E-state index in [0.29, 0.717) is 18.8 Å². The minimum atomic E-state index is -1.28. The van der Waals surface area contributed by atoms with E-state index in [4.69, 9.17) is 9.47 Å². The SMILES string of the molecule is CCCCC(=O)[C@H]1C(=O)O[C@]2(C)C(=O)C3CO[C@@H](CCC(C)C)[C@@H](O)C3CC12. The molecule has 1 saturated carbocycles. The molecule has 6 heteroatoms. The van der Waals surface area contributed by atoms with Crippen LogP contribution in [0, 0.1) is 29.6 Å². The number of carbonyl (C=O) groups excluding carboxylic acids is 3. The molecule has 158 valence electrons. The highest BCUT2D eigenvalue weighted by atomic mass is 16.6. The van der Waals surface area contributed by atoms with Crippen molar-refractivity contribution in [3.63, 3.8) is 0 Å². The number of ether oxygens (including phenoxy) is 2. The van der Waals surface area contributed by atoms with Crippen molar-refractivity contribution in [2.75, 3.05) is 6.61 Å². The Balaban J connectivity index is 1.81. The summed E-state index contributed by atoms with van der Waals surface area (Å²) in [5, 5.41) is 10.9. The third-order valence-corrected chi connectivity index (χ3v) is 7.01. The van der Waals surface area contributed by atoms with Gasteiger partial charge in [0.2, 0.25) is 0 Å². The molecule has 3 fully saturated rings. The number of esters is 1. The average molecular weight is 395 g/mol. The molecule has 0 spiro atoms. The van der Waals surface area contributed by atoms with Crippen LogP contribution in [0.25, 0.3) is 0 Å². The van der Waals surface area contributed by atoms with Crippen molar-refractivity contribution in [2.24, 2.45) is 29.6 Å². The van der Waals surface area contributed by atoms with E-state index in [2.05, 4.69) is 13.8 Å². The molecule has 3 unspecified atom stereocenters. The second-order valence-corrected chi connectivity index (χ2v) is 9.39. The van der Waals surface area contributed by atoms with E-state index < -0.39 is 35.4 Å². The number of fused-ring (bicyclic) bond motifs is 2. The van der Waals surface area contributed by atoms with Gasteiger partial charge < -0.3 is 14.6 Å². The van der Waals surface area contributed by atoms with Crippen LogP contribution in [0.4, 0.5) is 0 Å².